The van der Waals surface area contributed by atoms with E-state index in [1.54, 1.807) is 0 Å². The zero-order valence-corrected chi connectivity index (χ0v) is 18.5. The first-order valence-electron chi connectivity index (χ1n) is 9.57. The molecule has 25 heavy (non-hydrogen) atoms. The van der Waals surface area contributed by atoms with Gasteiger partial charge < -0.3 is 20.1 Å². The summed E-state index contributed by atoms with van der Waals surface area (Å²) in [4.78, 5) is 6.89. The highest BCUT2D eigenvalue weighted by atomic mass is 127. The summed E-state index contributed by atoms with van der Waals surface area (Å²) in [6.07, 6.45) is 4.96. The van der Waals surface area contributed by atoms with Crippen LogP contribution in [0, 0.1) is 5.92 Å². The van der Waals surface area contributed by atoms with Crippen LogP contribution in [0.2, 0.25) is 0 Å². The van der Waals surface area contributed by atoms with Crippen LogP contribution in [0.15, 0.2) is 4.99 Å². The van der Waals surface area contributed by atoms with Crippen LogP contribution in [0.5, 0.6) is 0 Å². The second-order valence-corrected chi connectivity index (χ2v) is 7.16. The first kappa shape index (κ1) is 22.9. The molecule has 0 aromatic rings. The number of guanidine groups is 1. The lowest BCUT2D eigenvalue weighted by Gasteiger charge is -2.35. The largest absolute Gasteiger partial charge is 0.379 e. The Hall–Kier alpha value is -0.120. The monoisotopic (exact) mass is 468 g/mol. The minimum Gasteiger partial charge on any atom is -0.379 e. The number of rotatable bonds is 8. The summed E-state index contributed by atoms with van der Waals surface area (Å²) in [6.45, 7) is 11.3. The number of nitrogens with zero attached hydrogens (tertiary/aromatic N) is 2. The van der Waals surface area contributed by atoms with E-state index >= 15 is 0 Å². The Morgan fingerprint density at radius 2 is 2.04 bits per heavy atom. The van der Waals surface area contributed by atoms with Gasteiger partial charge in [-0.2, -0.15) is 0 Å². The molecular weight excluding hydrogens is 431 g/mol. The van der Waals surface area contributed by atoms with Gasteiger partial charge in [-0.3, -0.25) is 9.89 Å². The predicted molar refractivity (Wildman–Crippen MR) is 114 cm³/mol. The van der Waals surface area contributed by atoms with Crippen LogP contribution in [0.4, 0.5) is 0 Å². The van der Waals surface area contributed by atoms with Crippen molar-refractivity contribution >= 4 is 29.9 Å². The lowest BCUT2D eigenvalue weighted by atomic mass is 9.98. The Morgan fingerprint density at radius 3 is 2.68 bits per heavy atom. The standard InChI is InChI=1S/C18H36N4O2.HI/c1-15-5-9-22(10-6-15)16(2)13-21-18(19-3)20-8-4-11-24-17-7-12-23-14-17;/h15-17H,4-14H2,1-3H3,(H2,19,20,21);1H. The van der Waals surface area contributed by atoms with Crippen molar-refractivity contribution in [3.8, 4) is 0 Å². The third kappa shape index (κ3) is 8.88. The Morgan fingerprint density at radius 1 is 1.28 bits per heavy atom. The van der Waals surface area contributed by atoms with E-state index in [-0.39, 0.29) is 24.0 Å². The van der Waals surface area contributed by atoms with E-state index in [9.17, 15) is 0 Å². The van der Waals surface area contributed by atoms with Crippen molar-refractivity contribution in [2.24, 2.45) is 10.9 Å². The average molecular weight is 468 g/mol. The van der Waals surface area contributed by atoms with Crippen LogP contribution in [0.3, 0.4) is 0 Å². The number of hydrogen-bond acceptors (Lipinski definition) is 4. The third-order valence-corrected chi connectivity index (χ3v) is 5.09. The first-order valence-corrected chi connectivity index (χ1v) is 9.57. The predicted octanol–water partition coefficient (Wildman–Crippen LogP) is 2.09. The molecule has 2 unspecified atom stereocenters. The van der Waals surface area contributed by atoms with Crippen LogP contribution in [-0.4, -0.2) is 76.1 Å². The highest BCUT2D eigenvalue weighted by Gasteiger charge is 2.20. The molecule has 0 spiro atoms. The van der Waals surface area contributed by atoms with Gasteiger partial charge in [-0.05, 0) is 51.6 Å². The molecule has 2 rings (SSSR count). The van der Waals surface area contributed by atoms with Gasteiger partial charge in [0.1, 0.15) is 0 Å². The van der Waals surface area contributed by atoms with Crippen molar-refractivity contribution in [3.05, 3.63) is 0 Å². The molecular formula is C18H37IN4O2. The molecule has 0 saturated carbocycles. The Kier molecular flexibility index (Phi) is 12.0. The van der Waals surface area contributed by atoms with Crippen LogP contribution in [-0.2, 0) is 9.47 Å². The number of likely N-dealkylation sites (tertiary alicyclic amines) is 1. The van der Waals surface area contributed by atoms with E-state index in [4.69, 9.17) is 9.47 Å². The van der Waals surface area contributed by atoms with E-state index < -0.39 is 0 Å². The van der Waals surface area contributed by atoms with E-state index in [0.29, 0.717) is 12.1 Å². The van der Waals surface area contributed by atoms with Crippen LogP contribution < -0.4 is 10.6 Å². The lowest BCUT2D eigenvalue weighted by Crippen LogP contribution is -2.48. The van der Waals surface area contributed by atoms with E-state index in [1.807, 2.05) is 7.05 Å². The molecule has 0 bridgehead atoms. The number of hydrogen-bond donors (Lipinski definition) is 2. The maximum atomic E-state index is 5.77. The van der Waals surface area contributed by atoms with Crippen molar-refractivity contribution in [2.75, 3.05) is 53.0 Å². The van der Waals surface area contributed by atoms with E-state index in [1.165, 1.54) is 25.9 Å². The Balaban J connectivity index is 0.00000312. The number of ether oxygens (including phenoxy) is 2. The molecule has 7 heteroatoms. The molecule has 6 nitrogen and oxygen atoms in total. The van der Waals surface area contributed by atoms with Gasteiger partial charge >= 0.3 is 0 Å². The Bertz CT molecular complexity index is 370. The average Bonchev–Trinajstić information content (AvgIpc) is 3.11. The van der Waals surface area contributed by atoms with Crippen molar-refractivity contribution in [2.45, 2.75) is 51.7 Å². The summed E-state index contributed by atoms with van der Waals surface area (Å²) in [5.74, 6) is 1.77. The molecule has 0 aliphatic carbocycles. The van der Waals surface area contributed by atoms with Crippen LogP contribution in [0.1, 0.15) is 39.5 Å². The van der Waals surface area contributed by atoms with Gasteiger partial charge in [-0.15, -0.1) is 24.0 Å². The molecule has 2 fully saturated rings. The minimum absolute atomic E-state index is 0. The highest BCUT2D eigenvalue weighted by molar-refractivity contribution is 14.0. The fourth-order valence-electron chi connectivity index (χ4n) is 3.24. The maximum Gasteiger partial charge on any atom is 0.191 e. The number of aliphatic imine (C=N–C) groups is 1. The summed E-state index contributed by atoms with van der Waals surface area (Å²) >= 11 is 0. The normalized spacial score (nSPS) is 24.0. The summed E-state index contributed by atoms with van der Waals surface area (Å²) in [7, 11) is 1.83. The maximum absolute atomic E-state index is 5.77. The van der Waals surface area contributed by atoms with Gasteiger partial charge in [0, 0.05) is 39.4 Å². The van der Waals surface area contributed by atoms with Crippen molar-refractivity contribution in [3.63, 3.8) is 0 Å². The molecule has 0 amide bonds. The topological polar surface area (TPSA) is 58.1 Å². The second kappa shape index (κ2) is 13.1. The third-order valence-electron chi connectivity index (χ3n) is 5.09. The first-order chi connectivity index (χ1) is 11.7. The van der Waals surface area contributed by atoms with Crippen LogP contribution >= 0.6 is 24.0 Å². The summed E-state index contributed by atoms with van der Waals surface area (Å²) in [5.41, 5.74) is 0. The molecule has 2 aliphatic heterocycles. The summed E-state index contributed by atoms with van der Waals surface area (Å²) in [6, 6.07) is 0.543. The lowest BCUT2D eigenvalue weighted by molar-refractivity contribution is 0.0420. The zero-order valence-electron chi connectivity index (χ0n) is 16.1. The second-order valence-electron chi connectivity index (χ2n) is 7.16. The van der Waals surface area contributed by atoms with Crippen molar-refractivity contribution in [1.29, 1.82) is 0 Å². The molecule has 2 atom stereocenters. The highest BCUT2D eigenvalue weighted by Crippen LogP contribution is 2.17. The summed E-state index contributed by atoms with van der Waals surface area (Å²) < 4.78 is 11.1. The van der Waals surface area contributed by atoms with Crippen molar-refractivity contribution < 1.29 is 9.47 Å². The molecule has 2 heterocycles. The van der Waals surface area contributed by atoms with Gasteiger partial charge in [0.25, 0.3) is 0 Å². The zero-order chi connectivity index (χ0) is 17.2. The smallest absolute Gasteiger partial charge is 0.191 e. The molecule has 2 N–H and O–H groups in total. The number of halogens is 1. The molecule has 2 saturated heterocycles. The van der Waals surface area contributed by atoms with Gasteiger partial charge in [0.05, 0.1) is 12.7 Å². The Labute approximate surface area is 170 Å². The van der Waals surface area contributed by atoms with Gasteiger partial charge in [0.2, 0.25) is 0 Å². The van der Waals surface area contributed by atoms with E-state index in [0.717, 1.165) is 57.6 Å². The quantitative estimate of drug-likeness (QED) is 0.247. The molecule has 148 valence electrons. The molecule has 2 aliphatic rings. The van der Waals surface area contributed by atoms with Gasteiger partial charge in [-0.1, -0.05) is 6.92 Å². The molecule has 0 radical (unpaired) electrons. The molecule has 0 aromatic heterocycles. The van der Waals surface area contributed by atoms with E-state index in [2.05, 4.69) is 34.4 Å². The number of nitrogens with one attached hydrogen (secondary N) is 2. The summed E-state index contributed by atoms with van der Waals surface area (Å²) in [5, 5.41) is 6.82. The van der Waals surface area contributed by atoms with Gasteiger partial charge in [0.15, 0.2) is 5.96 Å². The van der Waals surface area contributed by atoms with Gasteiger partial charge in [-0.25, -0.2) is 0 Å². The number of piperidine rings is 1. The van der Waals surface area contributed by atoms with Crippen molar-refractivity contribution in [1.82, 2.24) is 15.5 Å². The minimum atomic E-state index is 0. The fraction of sp³-hybridized carbons (Fsp3) is 0.944. The SMILES string of the molecule is CN=C(NCCCOC1CCOC1)NCC(C)N1CCC(C)CC1.I. The molecule has 0 aromatic carbocycles. The van der Waals surface area contributed by atoms with Crippen LogP contribution in [0.25, 0.3) is 0 Å². The fourth-order valence-corrected chi connectivity index (χ4v) is 3.24.